The largest absolute Gasteiger partial charge is 0.481 e. The summed E-state index contributed by atoms with van der Waals surface area (Å²) in [6.07, 6.45) is 2.85. The smallest absolute Gasteiger partial charge is 0.323 e. The number of hydrogen-bond donors (Lipinski definition) is 3. The van der Waals surface area contributed by atoms with Gasteiger partial charge in [-0.25, -0.2) is 9.78 Å². The number of ether oxygens (including phenoxy) is 1. The molecule has 0 radical (unpaired) electrons. The first-order chi connectivity index (χ1) is 12.5. The minimum Gasteiger partial charge on any atom is -0.481 e. The highest BCUT2D eigenvalue weighted by atomic mass is 79.9. The molecule has 0 atom stereocenters. The summed E-state index contributed by atoms with van der Waals surface area (Å²) < 4.78 is 5.84. The number of carbonyl (C=O) groups is 1. The van der Waals surface area contributed by atoms with Crippen molar-refractivity contribution < 1.29 is 9.53 Å². The van der Waals surface area contributed by atoms with Crippen molar-refractivity contribution in [3.8, 4) is 5.88 Å². The maximum absolute atomic E-state index is 12.2. The van der Waals surface area contributed by atoms with Gasteiger partial charge in [-0.3, -0.25) is 4.99 Å². The molecule has 0 saturated heterocycles. The number of allylic oxidation sites excluding steroid dienone is 1. The number of amides is 2. The summed E-state index contributed by atoms with van der Waals surface area (Å²) in [7, 11) is 3.11. The van der Waals surface area contributed by atoms with Gasteiger partial charge < -0.3 is 21.1 Å². The normalized spacial score (nSPS) is 11.8. The highest BCUT2D eigenvalue weighted by molar-refractivity contribution is 9.12. The van der Waals surface area contributed by atoms with Crippen LogP contribution in [0.4, 0.5) is 16.2 Å². The van der Waals surface area contributed by atoms with E-state index in [0.29, 0.717) is 38.0 Å². The maximum atomic E-state index is 12.2. The van der Waals surface area contributed by atoms with Crippen molar-refractivity contribution in [2.24, 2.45) is 10.7 Å². The van der Waals surface area contributed by atoms with E-state index in [1.54, 1.807) is 37.4 Å². The average Bonchev–Trinajstić information content (AvgIpc) is 2.62. The Balaban J connectivity index is 2.25. The number of nitrogens with zero attached hydrogens (tertiary/aromatic N) is 2. The van der Waals surface area contributed by atoms with Gasteiger partial charge in [-0.1, -0.05) is 17.7 Å². The molecule has 0 aliphatic rings. The Kier molecular flexibility index (Phi) is 6.99. The Labute approximate surface area is 164 Å². The minimum atomic E-state index is -0.436. The van der Waals surface area contributed by atoms with Crippen molar-refractivity contribution in [3.05, 3.63) is 57.8 Å². The topological polar surface area (TPSA) is 102 Å². The van der Waals surface area contributed by atoms with Crippen molar-refractivity contribution in [3.63, 3.8) is 0 Å². The number of benzene rings is 1. The molecule has 1 aromatic carbocycles. The number of hydrogen-bond acceptors (Lipinski definition) is 5. The molecule has 7 nitrogen and oxygen atoms in total. The molecule has 4 N–H and O–H groups in total. The fourth-order valence-electron chi connectivity index (χ4n) is 2.15. The lowest BCUT2D eigenvalue weighted by molar-refractivity contribution is 0.262. The third-order valence-corrected chi connectivity index (χ3v) is 4.11. The van der Waals surface area contributed by atoms with Gasteiger partial charge in [-0.05, 0) is 40.2 Å². The summed E-state index contributed by atoms with van der Waals surface area (Å²) in [5, 5.41) is 5.92. The summed E-state index contributed by atoms with van der Waals surface area (Å²) >= 11 is 9.25. The average molecular weight is 439 g/mol. The van der Waals surface area contributed by atoms with Crippen molar-refractivity contribution in [2.45, 2.75) is 0 Å². The molecule has 136 valence electrons. The molecule has 0 spiro atoms. The van der Waals surface area contributed by atoms with Crippen LogP contribution in [0.3, 0.4) is 0 Å². The number of nitrogens with two attached hydrogens (primary N) is 1. The molecule has 0 fully saturated rings. The minimum absolute atomic E-state index is 0.352. The van der Waals surface area contributed by atoms with Crippen LogP contribution in [0.25, 0.3) is 0 Å². The molecule has 1 aromatic heterocycles. The van der Waals surface area contributed by atoms with Gasteiger partial charge in [0.2, 0.25) is 5.88 Å². The first kappa shape index (κ1) is 19.7. The standard InChI is InChI=1S/C17H17BrClN5O2/c1-21-15(14(18)8-20)13-7-12(9-22-16(13)26-2)24-17(25)23-11-5-3-4-10(19)6-11/h3-9H,20H2,1-2H3,(H2,23,24,25). The van der Waals surface area contributed by atoms with Crippen molar-refractivity contribution in [1.82, 2.24) is 4.98 Å². The van der Waals surface area contributed by atoms with Crippen molar-refractivity contribution in [2.75, 3.05) is 24.8 Å². The van der Waals surface area contributed by atoms with Crippen LogP contribution in [-0.2, 0) is 0 Å². The summed E-state index contributed by atoms with van der Waals surface area (Å²) in [6.45, 7) is 0. The number of aliphatic imine (C=N–C) groups is 1. The molecule has 0 saturated carbocycles. The van der Waals surface area contributed by atoms with E-state index in [-0.39, 0.29) is 0 Å². The summed E-state index contributed by atoms with van der Waals surface area (Å²) in [5.41, 5.74) is 7.69. The van der Waals surface area contributed by atoms with Crippen LogP contribution >= 0.6 is 27.5 Å². The molecular formula is C17H17BrClN5O2. The lowest BCUT2D eigenvalue weighted by Gasteiger charge is -2.13. The molecular weight excluding hydrogens is 422 g/mol. The summed E-state index contributed by atoms with van der Waals surface area (Å²) in [5.74, 6) is 0.352. The van der Waals surface area contributed by atoms with Crippen molar-refractivity contribution >= 4 is 50.6 Å². The van der Waals surface area contributed by atoms with Crippen LogP contribution in [0.2, 0.25) is 5.02 Å². The predicted octanol–water partition coefficient (Wildman–Crippen LogP) is 4.00. The van der Waals surface area contributed by atoms with Gasteiger partial charge in [0.15, 0.2) is 0 Å². The number of aromatic nitrogens is 1. The molecule has 2 aromatic rings. The lowest BCUT2D eigenvalue weighted by atomic mass is 10.1. The van der Waals surface area contributed by atoms with E-state index in [1.165, 1.54) is 19.5 Å². The zero-order valence-electron chi connectivity index (χ0n) is 14.1. The Bertz CT molecular complexity index is 870. The molecule has 2 amide bonds. The first-order valence-corrected chi connectivity index (χ1v) is 8.58. The van der Waals surface area contributed by atoms with Crippen LogP contribution < -0.4 is 21.1 Å². The molecule has 1 heterocycles. The number of nitrogens with one attached hydrogen (secondary N) is 2. The van der Waals surface area contributed by atoms with Gasteiger partial charge in [-0.15, -0.1) is 0 Å². The predicted molar refractivity (Wildman–Crippen MR) is 109 cm³/mol. The van der Waals surface area contributed by atoms with E-state index in [4.69, 9.17) is 22.1 Å². The molecule has 0 bridgehead atoms. The van der Waals surface area contributed by atoms with E-state index in [9.17, 15) is 4.79 Å². The Morgan fingerprint density at radius 1 is 1.35 bits per heavy atom. The van der Waals surface area contributed by atoms with Crippen LogP contribution in [0, 0.1) is 0 Å². The number of carbonyl (C=O) groups excluding carboxylic acids is 1. The number of anilines is 2. The molecule has 0 aliphatic heterocycles. The van der Waals surface area contributed by atoms with Gasteiger partial charge in [-0.2, -0.15) is 0 Å². The number of pyridine rings is 1. The Morgan fingerprint density at radius 3 is 2.69 bits per heavy atom. The van der Waals surface area contributed by atoms with Gasteiger partial charge >= 0.3 is 6.03 Å². The first-order valence-electron chi connectivity index (χ1n) is 7.41. The zero-order chi connectivity index (χ0) is 19.1. The van der Waals surface area contributed by atoms with E-state index in [1.807, 2.05) is 0 Å². The Hall–Kier alpha value is -2.58. The Morgan fingerprint density at radius 2 is 2.08 bits per heavy atom. The molecule has 2 rings (SSSR count). The highest BCUT2D eigenvalue weighted by Crippen LogP contribution is 2.25. The fourth-order valence-corrected chi connectivity index (χ4v) is 2.73. The summed E-state index contributed by atoms with van der Waals surface area (Å²) in [4.78, 5) is 20.6. The highest BCUT2D eigenvalue weighted by Gasteiger charge is 2.16. The number of methoxy groups -OCH3 is 1. The maximum Gasteiger partial charge on any atom is 0.323 e. The van der Waals surface area contributed by atoms with Gasteiger partial charge in [0, 0.05) is 24.0 Å². The van der Waals surface area contributed by atoms with Crippen LogP contribution in [0.1, 0.15) is 5.56 Å². The van der Waals surface area contributed by atoms with E-state index < -0.39 is 6.03 Å². The second kappa shape index (κ2) is 9.21. The molecule has 26 heavy (non-hydrogen) atoms. The van der Waals surface area contributed by atoms with E-state index >= 15 is 0 Å². The SMILES string of the molecule is CN=C(C(Br)=CN)c1cc(NC(=O)Nc2cccc(Cl)c2)cnc1OC. The molecule has 0 unspecified atom stereocenters. The number of rotatable bonds is 5. The molecule has 0 aliphatic carbocycles. The summed E-state index contributed by atoms with van der Waals surface area (Å²) in [6, 6.07) is 8.09. The van der Waals surface area contributed by atoms with E-state index in [2.05, 4.69) is 36.5 Å². The van der Waals surface area contributed by atoms with Gasteiger partial charge in [0.05, 0.1) is 34.8 Å². The molecule has 9 heteroatoms. The monoisotopic (exact) mass is 437 g/mol. The third kappa shape index (κ3) is 4.96. The zero-order valence-corrected chi connectivity index (χ0v) is 16.4. The van der Waals surface area contributed by atoms with Gasteiger partial charge in [0.25, 0.3) is 0 Å². The fraction of sp³-hybridized carbons (Fsp3) is 0.118. The second-order valence-corrected chi connectivity index (χ2v) is 6.25. The van der Waals surface area contributed by atoms with Crippen LogP contribution in [0.15, 0.2) is 52.2 Å². The van der Waals surface area contributed by atoms with Crippen molar-refractivity contribution in [1.29, 1.82) is 0 Å². The quantitative estimate of drug-likeness (QED) is 0.614. The van der Waals surface area contributed by atoms with Crippen LogP contribution in [-0.4, -0.2) is 30.9 Å². The third-order valence-electron chi connectivity index (χ3n) is 3.24. The second-order valence-electron chi connectivity index (χ2n) is 4.96. The van der Waals surface area contributed by atoms with Crippen LogP contribution in [0.5, 0.6) is 5.88 Å². The number of halogens is 2. The van der Waals surface area contributed by atoms with E-state index in [0.717, 1.165) is 0 Å². The number of urea groups is 1. The lowest BCUT2D eigenvalue weighted by Crippen LogP contribution is -2.20. The van der Waals surface area contributed by atoms with Gasteiger partial charge in [0.1, 0.15) is 0 Å².